The molecular formula is C13H16O2. The van der Waals surface area contributed by atoms with Crippen LogP contribution in [0.4, 0.5) is 0 Å². The summed E-state index contributed by atoms with van der Waals surface area (Å²) < 4.78 is 11.4. The number of rotatable bonds is 3. The van der Waals surface area contributed by atoms with Crippen molar-refractivity contribution >= 4 is 0 Å². The van der Waals surface area contributed by atoms with Gasteiger partial charge >= 0.3 is 0 Å². The van der Waals surface area contributed by atoms with Crippen LogP contribution in [0.5, 0.6) is 0 Å². The maximum absolute atomic E-state index is 5.89. The second-order valence-electron chi connectivity index (χ2n) is 4.44. The first-order valence-electron chi connectivity index (χ1n) is 5.73. The summed E-state index contributed by atoms with van der Waals surface area (Å²) in [5.74, 6) is 0. The number of epoxide rings is 1. The topological polar surface area (TPSA) is 21.8 Å². The fourth-order valence-electron chi connectivity index (χ4n) is 2.31. The Morgan fingerprint density at radius 3 is 2.80 bits per heavy atom. The average molecular weight is 204 g/mol. The van der Waals surface area contributed by atoms with E-state index in [1.54, 1.807) is 0 Å². The SMILES string of the molecule is c1ccc(CO[C@H]2CC[C@H]3O[C@H]3C2)cc1. The van der Waals surface area contributed by atoms with E-state index in [9.17, 15) is 0 Å². The smallest absolute Gasteiger partial charge is 0.0866 e. The highest BCUT2D eigenvalue weighted by molar-refractivity contribution is 5.13. The monoisotopic (exact) mass is 204 g/mol. The lowest BCUT2D eigenvalue weighted by Crippen LogP contribution is -2.21. The summed E-state index contributed by atoms with van der Waals surface area (Å²) in [4.78, 5) is 0. The zero-order valence-electron chi connectivity index (χ0n) is 8.76. The number of benzene rings is 1. The highest BCUT2D eigenvalue weighted by Crippen LogP contribution is 2.37. The summed E-state index contributed by atoms with van der Waals surface area (Å²) in [6, 6.07) is 10.4. The van der Waals surface area contributed by atoms with Crippen LogP contribution in [0.15, 0.2) is 30.3 Å². The molecule has 0 amide bonds. The maximum Gasteiger partial charge on any atom is 0.0866 e. The van der Waals surface area contributed by atoms with Crippen LogP contribution in [-0.2, 0) is 16.1 Å². The molecule has 80 valence electrons. The molecule has 2 aliphatic rings. The van der Waals surface area contributed by atoms with E-state index in [0.29, 0.717) is 18.3 Å². The Balaban J connectivity index is 1.49. The van der Waals surface area contributed by atoms with E-state index in [4.69, 9.17) is 9.47 Å². The molecule has 1 saturated heterocycles. The number of hydrogen-bond acceptors (Lipinski definition) is 2. The zero-order chi connectivity index (χ0) is 10.1. The van der Waals surface area contributed by atoms with E-state index in [-0.39, 0.29) is 0 Å². The van der Waals surface area contributed by atoms with Gasteiger partial charge in [-0.15, -0.1) is 0 Å². The molecule has 0 spiro atoms. The van der Waals surface area contributed by atoms with Crippen LogP contribution in [0.25, 0.3) is 0 Å². The Kier molecular flexibility index (Phi) is 2.47. The van der Waals surface area contributed by atoms with Crippen LogP contribution >= 0.6 is 0 Å². The van der Waals surface area contributed by atoms with Gasteiger partial charge in [0.2, 0.25) is 0 Å². The van der Waals surface area contributed by atoms with Gasteiger partial charge in [0, 0.05) is 6.42 Å². The Morgan fingerprint density at radius 1 is 1.13 bits per heavy atom. The van der Waals surface area contributed by atoms with Gasteiger partial charge in [-0.1, -0.05) is 30.3 Å². The van der Waals surface area contributed by atoms with E-state index < -0.39 is 0 Å². The first-order valence-corrected chi connectivity index (χ1v) is 5.73. The molecule has 0 N–H and O–H groups in total. The largest absolute Gasteiger partial charge is 0.373 e. The normalized spacial score (nSPS) is 33.5. The van der Waals surface area contributed by atoms with Gasteiger partial charge in [0.25, 0.3) is 0 Å². The van der Waals surface area contributed by atoms with Gasteiger partial charge in [0.05, 0.1) is 24.9 Å². The third-order valence-electron chi connectivity index (χ3n) is 3.28. The minimum absolute atomic E-state index is 0.411. The second kappa shape index (κ2) is 3.95. The lowest BCUT2D eigenvalue weighted by Gasteiger charge is -2.19. The quantitative estimate of drug-likeness (QED) is 0.706. The van der Waals surface area contributed by atoms with Crippen LogP contribution in [-0.4, -0.2) is 18.3 Å². The van der Waals surface area contributed by atoms with E-state index in [0.717, 1.165) is 19.4 Å². The summed E-state index contributed by atoms with van der Waals surface area (Å²) >= 11 is 0. The van der Waals surface area contributed by atoms with Crippen molar-refractivity contribution < 1.29 is 9.47 Å². The van der Waals surface area contributed by atoms with Gasteiger partial charge < -0.3 is 9.47 Å². The van der Waals surface area contributed by atoms with Crippen molar-refractivity contribution in [1.82, 2.24) is 0 Å². The molecule has 0 aromatic heterocycles. The molecule has 1 saturated carbocycles. The van der Waals surface area contributed by atoms with E-state index in [1.165, 1.54) is 12.0 Å². The molecule has 1 aromatic carbocycles. The van der Waals surface area contributed by atoms with Crippen molar-refractivity contribution in [2.45, 2.75) is 44.2 Å². The number of ether oxygens (including phenoxy) is 2. The van der Waals surface area contributed by atoms with Crippen molar-refractivity contribution in [3.63, 3.8) is 0 Å². The summed E-state index contributed by atoms with van der Waals surface area (Å²) in [6.07, 6.45) is 4.94. The van der Waals surface area contributed by atoms with Gasteiger partial charge in [-0.2, -0.15) is 0 Å². The fourth-order valence-corrected chi connectivity index (χ4v) is 2.31. The lowest BCUT2D eigenvalue weighted by atomic mass is 9.98. The third-order valence-corrected chi connectivity index (χ3v) is 3.28. The molecular weight excluding hydrogens is 188 g/mol. The predicted octanol–water partition coefficient (Wildman–Crippen LogP) is 2.52. The van der Waals surface area contributed by atoms with Crippen LogP contribution in [0.2, 0.25) is 0 Å². The molecule has 0 unspecified atom stereocenters. The molecule has 2 heteroatoms. The first-order chi connectivity index (χ1) is 7.42. The third kappa shape index (κ3) is 2.21. The first kappa shape index (κ1) is 9.37. The summed E-state index contributed by atoms with van der Waals surface area (Å²) in [5.41, 5.74) is 1.26. The Labute approximate surface area is 90.2 Å². The van der Waals surface area contributed by atoms with Gasteiger partial charge in [-0.05, 0) is 18.4 Å². The van der Waals surface area contributed by atoms with Gasteiger partial charge in [-0.25, -0.2) is 0 Å². The van der Waals surface area contributed by atoms with Crippen LogP contribution in [0.1, 0.15) is 24.8 Å². The molecule has 0 bridgehead atoms. The fraction of sp³-hybridized carbons (Fsp3) is 0.538. The highest BCUT2D eigenvalue weighted by atomic mass is 16.6. The van der Waals surface area contributed by atoms with Crippen LogP contribution in [0, 0.1) is 0 Å². The number of fused-ring (bicyclic) bond motifs is 1. The zero-order valence-corrected chi connectivity index (χ0v) is 8.76. The second-order valence-corrected chi connectivity index (χ2v) is 4.44. The Morgan fingerprint density at radius 2 is 2.00 bits per heavy atom. The van der Waals surface area contributed by atoms with Crippen molar-refractivity contribution in [3.05, 3.63) is 35.9 Å². The molecule has 15 heavy (non-hydrogen) atoms. The predicted molar refractivity (Wildman–Crippen MR) is 57.5 cm³/mol. The average Bonchev–Trinajstić information content (AvgIpc) is 3.06. The van der Waals surface area contributed by atoms with Crippen molar-refractivity contribution in [1.29, 1.82) is 0 Å². The molecule has 3 atom stereocenters. The standard InChI is InChI=1S/C13H16O2/c1-2-4-10(5-3-1)9-14-11-6-7-12-13(8-11)15-12/h1-5,11-13H,6-9H2/t11-,12+,13-/m0/s1. The molecule has 3 rings (SSSR count). The van der Waals surface area contributed by atoms with E-state index in [1.807, 2.05) is 6.07 Å². The van der Waals surface area contributed by atoms with Crippen LogP contribution < -0.4 is 0 Å². The highest BCUT2D eigenvalue weighted by Gasteiger charge is 2.44. The van der Waals surface area contributed by atoms with Gasteiger partial charge in [-0.3, -0.25) is 0 Å². The molecule has 1 heterocycles. The van der Waals surface area contributed by atoms with Crippen molar-refractivity contribution in [2.75, 3.05) is 0 Å². The van der Waals surface area contributed by atoms with Gasteiger partial charge in [0.15, 0.2) is 0 Å². The van der Waals surface area contributed by atoms with Gasteiger partial charge in [0.1, 0.15) is 0 Å². The summed E-state index contributed by atoms with van der Waals surface area (Å²) in [6.45, 7) is 0.739. The summed E-state index contributed by atoms with van der Waals surface area (Å²) in [5, 5.41) is 0. The summed E-state index contributed by atoms with van der Waals surface area (Å²) in [7, 11) is 0. The van der Waals surface area contributed by atoms with Crippen molar-refractivity contribution in [2.24, 2.45) is 0 Å². The van der Waals surface area contributed by atoms with Crippen LogP contribution in [0.3, 0.4) is 0 Å². The molecule has 1 aromatic rings. The molecule has 1 aliphatic heterocycles. The van der Waals surface area contributed by atoms with E-state index in [2.05, 4.69) is 24.3 Å². The Bertz CT molecular complexity index is 323. The maximum atomic E-state index is 5.89. The molecule has 1 aliphatic carbocycles. The van der Waals surface area contributed by atoms with Crippen molar-refractivity contribution in [3.8, 4) is 0 Å². The molecule has 0 radical (unpaired) electrons. The number of hydrogen-bond donors (Lipinski definition) is 0. The minimum atomic E-state index is 0.411. The molecule has 2 fully saturated rings. The Hall–Kier alpha value is -0.860. The minimum Gasteiger partial charge on any atom is -0.373 e. The van der Waals surface area contributed by atoms with E-state index >= 15 is 0 Å². The lowest BCUT2D eigenvalue weighted by molar-refractivity contribution is 0.0213. The molecule has 2 nitrogen and oxygen atoms in total.